The average Bonchev–Trinajstić information content (AvgIpc) is 3.28. The molecule has 0 unspecified atom stereocenters. The third-order valence-electron chi connectivity index (χ3n) is 6.92. The van der Waals surface area contributed by atoms with Gasteiger partial charge in [-0.1, -0.05) is 35.3 Å². The van der Waals surface area contributed by atoms with E-state index in [1.165, 1.54) is 11.0 Å². The third kappa shape index (κ3) is 5.60. The monoisotopic (exact) mass is 527 g/mol. The molecule has 2 atom stereocenters. The van der Waals surface area contributed by atoms with Crippen LogP contribution in [0.3, 0.4) is 0 Å². The molecule has 35 heavy (non-hydrogen) atoms. The first-order valence-corrected chi connectivity index (χ1v) is 12.2. The van der Waals surface area contributed by atoms with E-state index in [4.69, 9.17) is 23.2 Å². The van der Waals surface area contributed by atoms with E-state index >= 15 is 0 Å². The van der Waals surface area contributed by atoms with Gasteiger partial charge in [-0.3, -0.25) is 9.59 Å². The van der Waals surface area contributed by atoms with E-state index in [1.54, 1.807) is 24.1 Å². The molecule has 2 aliphatic rings. The highest BCUT2D eigenvalue weighted by molar-refractivity contribution is 6.31. The van der Waals surface area contributed by atoms with Crippen molar-refractivity contribution < 1.29 is 22.8 Å². The van der Waals surface area contributed by atoms with Crippen LogP contribution in [0.15, 0.2) is 42.5 Å². The number of hydrogen-bond donors (Lipinski definition) is 1. The van der Waals surface area contributed by atoms with Gasteiger partial charge < -0.3 is 15.1 Å². The zero-order valence-electron chi connectivity index (χ0n) is 19.1. The lowest BCUT2D eigenvalue weighted by Crippen LogP contribution is -2.43. The zero-order valence-corrected chi connectivity index (χ0v) is 20.6. The standard InChI is InChI=1S/C25H26Cl2F3N3O2/c1-32(23(34)17-4-7-21(27)20(12-17)25(28,29)30)22-14-33(24(35)16-8-10-31-11-9-16)13-19(22)15-2-5-18(26)6-3-15/h2-7,12,16,19,22,31H,8-11,13-14H2,1H3/t19-,22+/m1/s1. The summed E-state index contributed by atoms with van der Waals surface area (Å²) in [5, 5.41) is 3.36. The number of amides is 2. The predicted molar refractivity (Wildman–Crippen MR) is 129 cm³/mol. The molecule has 0 aromatic heterocycles. The fraction of sp³-hybridized carbons (Fsp3) is 0.440. The second-order valence-corrected chi connectivity index (χ2v) is 9.94. The summed E-state index contributed by atoms with van der Waals surface area (Å²) in [6.45, 7) is 2.29. The van der Waals surface area contributed by atoms with Crippen molar-refractivity contribution in [2.75, 3.05) is 33.2 Å². The number of hydrogen-bond acceptors (Lipinski definition) is 3. The maximum Gasteiger partial charge on any atom is 0.417 e. The van der Waals surface area contributed by atoms with Gasteiger partial charge in [0.05, 0.1) is 16.6 Å². The average molecular weight is 528 g/mol. The van der Waals surface area contributed by atoms with Gasteiger partial charge in [-0.25, -0.2) is 0 Å². The number of likely N-dealkylation sites (N-methyl/N-ethyl adjacent to an activating group) is 1. The highest BCUT2D eigenvalue weighted by atomic mass is 35.5. The number of piperidine rings is 1. The van der Waals surface area contributed by atoms with Crippen LogP contribution in [0.25, 0.3) is 0 Å². The second-order valence-electron chi connectivity index (χ2n) is 9.10. The number of benzene rings is 2. The summed E-state index contributed by atoms with van der Waals surface area (Å²) >= 11 is 11.8. The van der Waals surface area contributed by atoms with Crippen LogP contribution in [-0.2, 0) is 11.0 Å². The number of nitrogens with one attached hydrogen (secondary N) is 1. The molecule has 2 aromatic rings. The van der Waals surface area contributed by atoms with Crippen LogP contribution in [0.5, 0.6) is 0 Å². The van der Waals surface area contributed by atoms with Gasteiger partial charge >= 0.3 is 6.18 Å². The Bertz CT molecular complexity index is 1090. The molecule has 5 nitrogen and oxygen atoms in total. The summed E-state index contributed by atoms with van der Waals surface area (Å²) in [5.74, 6) is -0.791. The SMILES string of the molecule is CN(C(=O)c1ccc(Cl)c(C(F)(F)F)c1)[C@H]1CN(C(=O)C2CCNCC2)C[C@@H]1c1ccc(Cl)cc1. The van der Waals surface area contributed by atoms with Gasteiger partial charge in [-0.2, -0.15) is 13.2 Å². The molecule has 0 spiro atoms. The molecule has 2 aromatic carbocycles. The molecule has 0 bridgehead atoms. The first-order valence-electron chi connectivity index (χ1n) is 11.4. The number of halogens is 5. The minimum absolute atomic E-state index is 0.0552. The van der Waals surface area contributed by atoms with Crippen molar-refractivity contribution in [1.29, 1.82) is 0 Å². The molecule has 188 valence electrons. The van der Waals surface area contributed by atoms with Crippen molar-refractivity contribution >= 4 is 35.0 Å². The van der Waals surface area contributed by atoms with Crippen LogP contribution < -0.4 is 5.32 Å². The fourth-order valence-electron chi connectivity index (χ4n) is 4.95. The zero-order chi connectivity index (χ0) is 25.3. The van der Waals surface area contributed by atoms with E-state index in [2.05, 4.69) is 5.32 Å². The number of carbonyl (C=O) groups is 2. The predicted octanol–water partition coefficient (Wildman–Crippen LogP) is 5.08. The van der Waals surface area contributed by atoms with Crippen LogP contribution in [0.1, 0.15) is 40.2 Å². The van der Waals surface area contributed by atoms with Gasteiger partial charge in [0, 0.05) is 42.6 Å². The molecular weight excluding hydrogens is 502 g/mol. The number of rotatable bonds is 4. The van der Waals surface area contributed by atoms with E-state index in [-0.39, 0.29) is 23.3 Å². The minimum Gasteiger partial charge on any atom is -0.340 e. The summed E-state index contributed by atoms with van der Waals surface area (Å²) in [4.78, 5) is 29.8. The lowest BCUT2D eigenvalue weighted by Gasteiger charge is -2.30. The van der Waals surface area contributed by atoms with Gasteiger partial charge in [0.2, 0.25) is 5.91 Å². The minimum atomic E-state index is -4.68. The van der Waals surface area contributed by atoms with Crippen molar-refractivity contribution in [1.82, 2.24) is 15.1 Å². The van der Waals surface area contributed by atoms with Gasteiger partial charge in [0.15, 0.2) is 0 Å². The highest BCUT2D eigenvalue weighted by Gasteiger charge is 2.42. The molecule has 0 saturated carbocycles. The Balaban J connectivity index is 1.62. The van der Waals surface area contributed by atoms with Crippen molar-refractivity contribution in [2.24, 2.45) is 5.92 Å². The first kappa shape index (κ1) is 25.8. The van der Waals surface area contributed by atoms with E-state index in [1.807, 2.05) is 12.1 Å². The highest BCUT2D eigenvalue weighted by Crippen LogP contribution is 2.37. The van der Waals surface area contributed by atoms with E-state index in [0.29, 0.717) is 18.1 Å². The molecule has 2 aliphatic heterocycles. The first-order chi connectivity index (χ1) is 16.6. The van der Waals surface area contributed by atoms with Crippen LogP contribution in [0.4, 0.5) is 13.2 Å². The van der Waals surface area contributed by atoms with Gasteiger partial charge in [-0.15, -0.1) is 0 Å². The van der Waals surface area contributed by atoms with Crippen LogP contribution >= 0.6 is 23.2 Å². The van der Waals surface area contributed by atoms with Crippen LogP contribution in [-0.4, -0.2) is 60.9 Å². The van der Waals surface area contributed by atoms with Crippen molar-refractivity contribution in [3.63, 3.8) is 0 Å². The number of likely N-dealkylation sites (tertiary alicyclic amines) is 1. The fourth-order valence-corrected chi connectivity index (χ4v) is 5.30. The maximum absolute atomic E-state index is 13.4. The quantitative estimate of drug-likeness (QED) is 0.603. The van der Waals surface area contributed by atoms with Gasteiger partial charge in [-0.05, 0) is 61.8 Å². The molecule has 0 aliphatic carbocycles. The van der Waals surface area contributed by atoms with Crippen LogP contribution in [0.2, 0.25) is 10.0 Å². The Labute approximate surface area is 212 Å². The topological polar surface area (TPSA) is 52.7 Å². The van der Waals surface area contributed by atoms with E-state index in [0.717, 1.165) is 43.6 Å². The van der Waals surface area contributed by atoms with E-state index in [9.17, 15) is 22.8 Å². The van der Waals surface area contributed by atoms with Crippen LogP contribution in [0, 0.1) is 5.92 Å². The van der Waals surface area contributed by atoms with Crippen molar-refractivity contribution in [2.45, 2.75) is 31.0 Å². The molecule has 1 N–H and O–H groups in total. The summed E-state index contributed by atoms with van der Waals surface area (Å²) in [5.41, 5.74) is -0.254. The summed E-state index contributed by atoms with van der Waals surface area (Å²) in [6.07, 6.45) is -3.17. The molecule has 2 saturated heterocycles. The van der Waals surface area contributed by atoms with Crippen molar-refractivity contribution in [3.8, 4) is 0 Å². The Hall–Kier alpha value is -2.29. The summed E-state index contributed by atoms with van der Waals surface area (Å²) in [6, 6.07) is 9.97. The third-order valence-corrected chi connectivity index (χ3v) is 7.51. The number of carbonyl (C=O) groups excluding carboxylic acids is 2. The molecule has 4 rings (SSSR count). The molecule has 2 fully saturated rings. The largest absolute Gasteiger partial charge is 0.417 e. The second kappa shape index (κ2) is 10.4. The molecule has 0 radical (unpaired) electrons. The normalized spacial score (nSPS) is 21.3. The smallest absolute Gasteiger partial charge is 0.340 e. The Morgan fingerprint density at radius 2 is 1.69 bits per heavy atom. The lowest BCUT2D eigenvalue weighted by atomic mass is 9.93. The van der Waals surface area contributed by atoms with Gasteiger partial charge in [0.1, 0.15) is 0 Å². The number of alkyl halides is 3. The maximum atomic E-state index is 13.4. The molecule has 2 heterocycles. The number of nitrogens with zero attached hydrogens (tertiary/aromatic N) is 2. The lowest BCUT2D eigenvalue weighted by molar-refractivity contribution is -0.137. The summed E-state index contributed by atoms with van der Waals surface area (Å²) in [7, 11) is 1.57. The summed E-state index contributed by atoms with van der Waals surface area (Å²) < 4.78 is 40.1. The van der Waals surface area contributed by atoms with Gasteiger partial charge in [0.25, 0.3) is 5.91 Å². The Kier molecular flexibility index (Phi) is 7.64. The van der Waals surface area contributed by atoms with E-state index < -0.39 is 28.7 Å². The molecule has 2 amide bonds. The molecular formula is C25H26Cl2F3N3O2. The Morgan fingerprint density at radius 1 is 1.03 bits per heavy atom. The Morgan fingerprint density at radius 3 is 2.31 bits per heavy atom. The van der Waals surface area contributed by atoms with Crippen molar-refractivity contribution in [3.05, 3.63) is 69.2 Å². The molecule has 10 heteroatoms.